The fourth-order valence-corrected chi connectivity index (χ4v) is 4.43. The standard InChI is InChI=1S/C18H18N2O4S2/c1-12-4-2-3-5-14(12)11-26(23,24)19-9-18-20-15(10-25-18)13-6-7-16(21)17(22)8-13/h2-8,10,19,21-22H,9,11H2,1H3. The molecular weight excluding hydrogens is 372 g/mol. The third kappa shape index (κ3) is 4.40. The maximum absolute atomic E-state index is 12.3. The van der Waals surface area contributed by atoms with Gasteiger partial charge in [-0.25, -0.2) is 18.1 Å². The number of nitrogens with zero attached hydrogens (tertiary/aromatic N) is 1. The summed E-state index contributed by atoms with van der Waals surface area (Å²) < 4.78 is 27.1. The van der Waals surface area contributed by atoms with E-state index in [9.17, 15) is 18.6 Å². The lowest BCUT2D eigenvalue weighted by atomic mass is 10.1. The Balaban J connectivity index is 1.67. The van der Waals surface area contributed by atoms with Crippen LogP contribution in [0.2, 0.25) is 0 Å². The minimum atomic E-state index is -3.48. The zero-order chi connectivity index (χ0) is 18.7. The highest BCUT2D eigenvalue weighted by Gasteiger charge is 2.14. The Morgan fingerprint density at radius 1 is 1.12 bits per heavy atom. The van der Waals surface area contributed by atoms with Crippen LogP contribution in [0.15, 0.2) is 47.8 Å². The van der Waals surface area contributed by atoms with Crippen LogP contribution in [0.4, 0.5) is 0 Å². The van der Waals surface area contributed by atoms with E-state index in [2.05, 4.69) is 9.71 Å². The van der Waals surface area contributed by atoms with Crippen molar-refractivity contribution in [2.75, 3.05) is 0 Å². The van der Waals surface area contributed by atoms with Gasteiger partial charge in [-0.1, -0.05) is 24.3 Å². The molecule has 0 spiro atoms. The highest BCUT2D eigenvalue weighted by Crippen LogP contribution is 2.31. The number of phenols is 2. The highest BCUT2D eigenvalue weighted by molar-refractivity contribution is 7.88. The van der Waals surface area contributed by atoms with Gasteiger partial charge in [-0.05, 0) is 36.2 Å². The van der Waals surface area contributed by atoms with E-state index in [0.717, 1.165) is 11.1 Å². The molecular formula is C18H18N2O4S2. The number of nitrogens with one attached hydrogen (secondary N) is 1. The van der Waals surface area contributed by atoms with Crippen LogP contribution in [0.3, 0.4) is 0 Å². The fraction of sp³-hybridized carbons (Fsp3) is 0.167. The second-order valence-corrected chi connectivity index (χ2v) is 8.59. The van der Waals surface area contributed by atoms with E-state index in [0.29, 0.717) is 16.3 Å². The predicted molar refractivity (Wildman–Crippen MR) is 102 cm³/mol. The van der Waals surface area contributed by atoms with Crippen LogP contribution in [-0.4, -0.2) is 23.6 Å². The van der Waals surface area contributed by atoms with Gasteiger partial charge in [-0.15, -0.1) is 11.3 Å². The summed E-state index contributed by atoms with van der Waals surface area (Å²) in [7, 11) is -3.48. The molecule has 6 nitrogen and oxygen atoms in total. The topological polar surface area (TPSA) is 99.5 Å². The second-order valence-electron chi connectivity index (χ2n) is 5.84. The van der Waals surface area contributed by atoms with Crippen LogP contribution in [0.5, 0.6) is 11.5 Å². The van der Waals surface area contributed by atoms with Crippen molar-refractivity contribution >= 4 is 21.4 Å². The van der Waals surface area contributed by atoms with Crippen molar-refractivity contribution in [1.29, 1.82) is 0 Å². The van der Waals surface area contributed by atoms with Crippen molar-refractivity contribution in [2.24, 2.45) is 0 Å². The SMILES string of the molecule is Cc1ccccc1CS(=O)(=O)NCc1nc(-c2ccc(O)c(O)c2)cs1. The Bertz CT molecular complexity index is 1030. The number of aromatic hydroxyl groups is 2. The van der Waals surface area contributed by atoms with Gasteiger partial charge >= 0.3 is 0 Å². The molecule has 0 aliphatic heterocycles. The Hall–Kier alpha value is -2.42. The van der Waals surface area contributed by atoms with Crippen molar-refractivity contribution in [2.45, 2.75) is 19.2 Å². The first-order valence-electron chi connectivity index (χ1n) is 7.83. The number of benzene rings is 2. The van der Waals surface area contributed by atoms with Crippen molar-refractivity contribution in [1.82, 2.24) is 9.71 Å². The van der Waals surface area contributed by atoms with Crippen LogP contribution in [-0.2, 0) is 22.3 Å². The van der Waals surface area contributed by atoms with E-state index in [1.807, 2.05) is 25.1 Å². The normalized spacial score (nSPS) is 11.6. The molecule has 3 aromatic rings. The molecule has 0 unspecified atom stereocenters. The van der Waals surface area contributed by atoms with Gasteiger partial charge in [0.25, 0.3) is 0 Å². The molecule has 136 valence electrons. The van der Waals surface area contributed by atoms with Gasteiger partial charge in [0, 0.05) is 10.9 Å². The number of hydrogen-bond acceptors (Lipinski definition) is 6. The van der Waals surface area contributed by atoms with Gasteiger partial charge in [-0.2, -0.15) is 0 Å². The molecule has 0 amide bonds. The number of aromatic nitrogens is 1. The van der Waals surface area contributed by atoms with Gasteiger partial charge in [-0.3, -0.25) is 0 Å². The molecule has 1 aromatic heterocycles. The van der Waals surface area contributed by atoms with Crippen molar-refractivity contribution in [3.63, 3.8) is 0 Å². The number of phenolic OH excluding ortho intramolecular Hbond substituents is 2. The summed E-state index contributed by atoms with van der Waals surface area (Å²) in [4.78, 5) is 4.38. The maximum atomic E-state index is 12.3. The van der Waals surface area contributed by atoms with Gasteiger partial charge in [0.2, 0.25) is 10.0 Å². The molecule has 0 aliphatic rings. The molecule has 0 aliphatic carbocycles. The van der Waals surface area contributed by atoms with Gasteiger partial charge in [0.15, 0.2) is 11.5 Å². The van der Waals surface area contributed by atoms with Crippen LogP contribution in [0, 0.1) is 6.92 Å². The van der Waals surface area contributed by atoms with Gasteiger partial charge in [0.05, 0.1) is 18.0 Å². The summed E-state index contributed by atoms with van der Waals surface area (Å²) in [6, 6.07) is 11.8. The maximum Gasteiger partial charge on any atom is 0.216 e. The molecule has 0 atom stereocenters. The quantitative estimate of drug-likeness (QED) is 0.562. The Morgan fingerprint density at radius 3 is 2.62 bits per heavy atom. The molecule has 2 aromatic carbocycles. The van der Waals surface area contributed by atoms with Crippen LogP contribution in [0.25, 0.3) is 11.3 Å². The summed E-state index contributed by atoms with van der Waals surface area (Å²) in [6.45, 7) is 1.98. The average Bonchev–Trinajstić information content (AvgIpc) is 3.07. The van der Waals surface area contributed by atoms with Crippen molar-refractivity contribution < 1.29 is 18.6 Å². The molecule has 0 saturated heterocycles. The van der Waals surface area contributed by atoms with E-state index in [1.54, 1.807) is 17.5 Å². The Morgan fingerprint density at radius 2 is 1.88 bits per heavy atom. The minimum Gasteiger partial charge on any atom is -0.504 e. The molecule has 3 rings (SSSR count). The third-order valence-corrected chi connectivity index (χ3v) is 6.00. The first kappa shape index (κ1) is 18.4. The summed E-state index contributed by atoms with van der Waals surface area (Å²) in [5.41, 5.74) is 2.95. The molecule has 0 fully saturated rings. The predicted octanol–water partition coefficient (Wildman–Crippen LogP) is 3.15. The molecule has 0 saturated carbocycles. The lowest BCUT2D eigenvalue weighted by Crippen LogP contribution is -2.24. The fourth-order valence-electron chi connectivity index (χ4n) is 2.41. The average molecular weight is 390 g/mol. The smallest absolute Gasteiger partial charge is 0.216 e. The monoisotopic (exact) mass is 390 g/mol. The molecule has 0 bridgehead atoms. The van der Waals surface area contributed by atoms with Crippen molar-refractivity contribution in [3.8, 4) is 22.8 Å². The Kier molecular flexibility index (Phi) is 5.26. The number of hydrogen-bond donors (Lipinski definition) is 3. The molecule has 0 radical (unpaired) electrons. The zero-order valence-electron chi connectivity index (χ0n) is 14.0. The van der Waals surface area contributed by atoms with E-state index in [1.165, 1.54) is 23.5 Å². The summed E-state index contributed by atoms with van der Waals surface area (Å²) in [6.07, 6.45) is 0. The van der Waals surface area contributed by atoms with Crippen LogP contribution < -0.4 is 4.72 Å². The summed E-state index contributed by atoms with van der Waals surface area (Å²) >= 11 is 1.32. The highest BCUT2D eigenvalue weighted by atomic mass is 32.2. The van der Waals surface area contributed by atoms with E-state index in [-0.39, 0.29) is 23.8 Å². The first-order chi connectivity index (χ1) is 12.3. The number of sulfonamides is 1. The zero-order valence-corrected chi connectivity index (χ0v) is 15.6. The molecule has 26 heavy (non-hydrogen) atoms. The van der Waals surface area contributed by atoms with Crippen LogP contribution >= 0.6 is 11.3 Å². The van der Waals surface area contributed by atoms with Gasteiger partial charge < -0.3 is 10.2 Å². The molecule has 8 heteroatoms. The number of aryl methyl sites for hydroxylation is 1. The number of rotatable bonds is 6. The number of thiazole rings is 1. The van der Waals surface area contributed by atoms with E-state index < -0.39 is 10.0 Å². The minimum absolute atomic E-state index is 0.0796. The van der Waals surface area contributed by atoms with E-state index in [4.69, 9.17) is 0 Å². The van der Waals surface area contributed by atoms with E-state index >= 15 is 0 Å². The summed E-state index contributed by atoms with van der Waals surface area (Å²) in [5.74, 6) is -0.506. The molecule has 1 heterocycles. The largest absolute Gasteiger partial charge is 0.504 e. The van der Waals surface area contributed by atoms with Crippen molar-refractivity contribution in [3.05, 3.63) is 64.0 Å². The lowest BCUT2D eigenvalue weighted by molar-refractivity contribution is 0.404. The van der Waals surface area contributed by atoms with Gasteiger partial charge in [0.1, 0.15) is 5.01 Å². The second kappa shape index (κ2) is 7.45. The first-order valence-corrected chi connectivity index (χ1v) is 10.4. The van der Waals surface area contributed by atoms with Crippen LogP contribution in [0.1, 0.15) is 16.1 Å². The molecule has 3 N–H and O–H groups in total. The third-order valence-electron chi connectivity index (χ3n) is 3.87. The summed E-state index contributed by atoms with van der Waals surface area (Å²) in [5, 5.41) is 21.3. The lowest BCUT2D eigenvalue weighted by Gasteiger charge is -2.07. The Labute approximate surface area is 155 Å².